The molecule has 2 aliphatic rings. The van der Waals surface area contributed by atoms with E-state index in [1.165, 1.54) is 25.7 Å². The van der Waals surface area contributed by atoms with Crippen molar-refractivity contribution in [1.29, 1.82) is 0 Å². The smallest absolute Gasteiger partial charge is 0.191 e. The first kappa shape index (κ1) is 9.81. The van der Waals surface area contributed by atoms with Crippen molar-refractivity contribution in [3.63, 3.8) is 0 Å². The molecule has 3 nitrogen and oxygen atoms in total. The Morgan fingerprint density at radius 3 is 2.86 bits per heavy atom. The molecule has 1 unspecified atom stereocenters. The van der Waals surface area contributed by atoms with Crippen molar-refractivity contribution >= 4 is 5.96 Å². The van der Waals surface area contributed by atoms with Gasteiger partial charge in [0.25, 0.3) is 0 Å². The molecule has 0 saturated heterocycles. The van der Waals surface area contributed by atoms with Gasteiger partial charge in [0.15, 0.2) is 5.96 Å². The van der Waals surface area contributed by atoms with E-state index in [1.54, 1.807) is 0 Å². The van der Waals surface area contributed by atoms with E-state index in [-0.39, 0.29) is 5.54 Å². The molecule has 3 heteroatoms. The third-order valence-electron chi connectivity index (χ3n) is 3.44. The molecule has 14 heavy (non-hydrogen) atoms. The average Bonchev–Trinajstić information content (AvgIpc) is 2.90. The van der Waals surface area contributed by atoms with Gasteiger partial charge in [0, 0.05) is 6.54 Å². The summed E-state index contributed by atoms with van der Waals surface area (Å²) in [5.74, 6) is 1.66. The lowest BCUT2D eigenvalue weighted by Gasteiger charge is -2.36. The number of nitrogens with zero attached hydrogens (tertiary/aromatic N) is 2. The van der Waals surface area contributed by atoms with Crippen molar-refractivity contribution in [3.8, 4) is 0 Å². The van der Waals surface area contributed by atoms with Crippen LogP contribution in [0.1, 0.15) is 39.5 Å². The summed E-state index contributed by atoms with van der Waals surface area (Å²) in [7, 11) is 0. The van der Waals surface area contributed by atoms with Gasteiger partial charge in [-0.05, 0) is 32.1 Å². The fourth-order valence-corrected chi connectivity index (χ4v) is 2.32. The van der Waals surface area contributed by atoms with Gasteiger partial charge >= 0.3 is 0 Å². The highest BCUT2D eigenvalue weighted by Crippen LogP contribution is 2.35. The third-order valence-corrected chi connectivity index (χ3v) is 3.44. The van der Waals surface area contributed by atoms with Gasteiger partial charge in [0.2, 0.25) is 0 Å². The Morgan fingerprint density at radius 1 is 1.57 bits per heavy atom. The minimum atomic E-state index is 0.210. The van der Waals surface area contributed by atoms with Gasteiger partial charge in [-0.3, -0.25) is 4.99 Å². The molecule has 1 saturated carbocycles. The van der Waals surface area contributed by atoms with E-state index in [1.807, 2.05) is 0 Å². The molecule has 0 aromatic carbocycles. The number of nitrogens with two attached hydrogens (primary N) is 1. The van der Waals surface area contributed by atoms with Crippen LogP contribution in [0.3, 0.4) is 0 Å². The van der Waals surface area contributed by atoms with E-state index in [9.17, 15) is 0 Å². The Kier molecular flexibility index (Phi) is 2.41. The molecule has 1 aliphatic heterocycles. The summed E-state index contributed by atoms with van der Waals surface area (Å²) in [5.41, 5.74) is 6.15. The molecule has 0 aromatic rings. The quantitative estimate of drug-likeness (QED) is 0.740. The molecule has 80 valence electrons. The van der Waals surface area contributed by atoms with Gasteiger partial charge in [0.1, 0.15) is 0 Å². The highest BCUT2D eigenvalue weighted by Gasteiger charge is 2.39. The topological polar surface area (TPSA) is 41.6 Å². The van der Waals surface area contributed by atoms with Crippen molar-refractivity contribution < 1.29 is 0 Å². The number of hydrogen-bond acceptors (Lipinski definition) is 3. The maximum atomic E-state index is 5.94. The molecule has 1 heterocycles. The van der Waals surface area contributed by atoms with Gasteiger partial charge in [-0.25, -0.2) is 0 Å². The fourth-order valence-electron chi connectivity index (χ4n) is 2.32. The molecule has 0 spiro atoms. The Labute approximate surface area is 86.4 Å². The standard InChI is InChI=1S/C11H21N3/c1-3-6-11(2)8-13-10(12)14(11)7-9-4-5-9/h9H,3-8H2,1-2H3,(H2,12,13). The Morgan fingerprint density at radius 2 is 2.29 bits per heavy atom. The second kappa shape index (κ2) is 3.44. The molecule has 0 radical (unpaired) electrons. The van der Waals surface area contributed by atoms with E-state index < -0.39 is 0 Å². The van der Waals surface area contributed by atoms with E-state index in [2.05, 4.69) is 23.7 Å². The van der Waals surface area contributed by atoms with Crippen LogP contribution in [0.2, 0.25) is 0 Å². The van der Waals surface area contributed by atoms with Crippen molar-refractivity contribution in [2.75, 3.05) is 13.1 Å². The zero-order valence-corrected chi connectivity index (χ0v) is 9.29. The minimum absolute atomic E-state index is 0.210. The van der Waals surface area contributed by atoms with E-state index >= 15 is 0 Å². The van der Waals surface area contributed by atoms with Gasteiger partial charge in [0.05, 0.1) is 12.1 Å². The third kappa shape index (κ3) is 1.72. The van der Waals surface area contributed by atoms with Gasteiger partial charge in [-0.15, -0.1) is 0 Å². The summed E-state index contributed by atoms with van der Waals surface area (Å²) < 4.78 is 0. The molecule has 1 fully saturated rings. The van der Waals surface area contributed by atoms with Gasteiger partial charge in [-0.2, -0.15) is 0 Å². The van der Waals surface area contributed by atoms with Gasteiger partial charge < -0.3 is 10.6 Å². The van der Waals surface area contributed by atoms with Crippen molar-refractivity contribution in [2.45, 2.75) is 45.1 Å². The summed E-state index contributed by atoms with van der Waals surface area (Å²) in [6.07, 6.45) is 5.17. The predicted octanol–water partition coefficient (Wildman–Crippen LogP) is 1.59. The minimum Gasteiger partial charge on any atom is -0.370 e. The highest BCUT2D eigenvalue weighted by molar-refractivity contribution is 5.81. The highest BCUT2D eigenvalue weighted by atomic mass is 15.4. The lowest BCUT2D eigenvalue weighted by atomic mass is 9.95. The zero-order valence-electron chi connectivity index (χ0n) is 9.29. The maximum absolute atomic E-state index is 5.94. The summed E-state index contributed by atoms with van der Waals surface area (Å²) >= 11 is 0. The molecular formula is C11H21N3. The average molecular weight is 195 g/mol. The molecule has 2 N–H and O–H groups in total. The lowest BCUT2D eigenvalue weighted by Crippen LogP contribution is -2.50. The SMILES string of the molecule is CCCC1(C)CN=C(N)N1CC1CC1. The molecule has 0 amide bonds. The molecule has 1 aliphatic carbocycles. The summed E-state index contributed by atoms with van der Waals surface area (Å²) in [6, 6.07) is 0. The first-order valence-electron chi connectivity index (χ1n) is 5.73. The predicted molar refractivity (Wildman–Crippen MR) is 59.2 cm³/mol. The molecule has 2 rings (SSSR count). The number of rotatable bonds is 4. The van der Waals surface area contributed by atoms with Crippen LogP contribution in [-0.2, 0) is 0 Å². The fraction of sp³-hybridized carbons (Fsp3) is 0.909. The van der Waals surface area contributed by atoms with Crippen molar-refractivity contribution in [3.05, 3.63) is 0 Å². The van der Waals surface area contributed by atoms with Crippen LogP contribution in [0, 0.1) is 5.92 Å². The molecule has 0 bridgehead atoms. The van der Waals surface area contributed by atoms with Gasteiger partial charge in [-0.1, -0.05) is 13.3 Å². The van der Waals surface area contributed by atoms with Crippen LogP contribution >= 0.6 is 0 Å². The van der Waals surface area contributed by atoms with Crippen molar-refractivity contribution in [1.82, 2.24) is 4.90 Å². The first-order valence-corrected chi connectivity index (χ1v) is 5.73. The molecule has 0 aromatic heterocycles. The number of aliphatic imine (C=N–C) groups is 1. The normalized spacial score (nSPS) is 32.1. The second-order valence-electron chi connectivity index (χ2n) is 4.98. The Hall–Kier alpha value is -0.730. The van der Waals surface area contributed by atoms with Crippen LogP contribution in [0.5, 0.6) is 0 Å². The first-order chi connectivity index (χ1) is 6.65. The molecular weight excluding hydrogens is 174 g/mol. The Balaban J connectivity index is 2.02. The monoisotopic (exact) mass is 195 g/mol. The number of guanidine groups is 1. The van der Waals surface area contributed by atoms with Crippen LogP contribution in [0.15, 0.2) is 4.99 Å². The van der Waals surface area contributed by atoms with E-state index in [0.29, 0.717) is 0 Å². The van der Waals surface area contributed by atoms with Crippen LogP contribution in [0.25, 0.3) is 0 Å². The van der Waals surface area contributed by atoms with Crippen LogP contribution in [-0.4, -0.2) is 29.5 Å². The number of hydrogen-bond donors (Lipinski definition) is 1. The van der Waals surface area contributed by atoms with Crippen molar-refractivity contribution in [2.24, 2.45) is 16.6 Å². The maximum Gasteiger partial charge on any atom is 0.191 e. The Bertz CT molecular complexity index is 245. The largest absolute Gasteiger partial charge is 0.370 e. The van der Waals surface area contributed by atoms with E-state index in [0.717, 1.165) is 25.0 Å². The summed E-state index contributed by atoms with van der Waals surface area (Å²) in [4.78, 5) is 6.73. The van der Waals surface area contributed by atoms with E-state index in [4.69, 9.17) is 5.73 Å². The second-order valence-corrected chi connectivity index (χ2v) is 4.98. The molecule has 1 atom stereocenters. The zero-order chi connectivity index (χ0) is 10.2. The summed E-state index contributed by atoms with van der Waals surface area (Å²) in [5, 5.41) is 0. The van der Waals surface area contributed by atoms with Crippen LogP contribution < -0.4 is 5.73 Å². The summed E-state index contributed by atoms with van der Waals surface area (Å²) in [6.45, 7) is 6.54. The lowest BCUT2D eigenvalue weighted by molar-refractivity contribution is 0.199. The van der Waals surface area contributed by atoms with Crippen LogP contribution in [0.4, 0.5) is 0 Å².